The van der Waals surface area contributed by atoms with Gasteiger partial charge in [-0.15, -0.1) is 0 Å². The van der Waals surface area contributed by atoms with Gasteiger partial charge >= 0.3 is 0 Å². The lowest BCUT2D eigenvalue weighted by molar-refractivity contribution is 0.295. The highest BCUT2D eigenvalue weighted by atomic mass is 19.3. The maximum Gasteiger partial charge on any atom is 0.229 e. The van der Waals surface area contributed by atoms with Crippen molar-refractivity contribution in [2.75, 3.05) is 6.93 Å². The molecule has 0 bridgehead atoms. The molecular formula is CH5F3O. The van der Waals surface area contributed by atoms with Crippen LogP contribution in [0.5, 0.6) is 0 Å². The Hall–Kier alpha value is -0.250. The lowest BCUT2D eigenvalue weighted by Gasteiger charge is -1.42. The van der Waals surface area contributed by atoms with Gasteiger partial charge in [0.2, 0.25) is 6.93 Å². The van der Waals surface area contributed by atoms with Gasteiger partial charge in [-0.1, -0.05) is 0 Å². The number of rotatable bonds is 0. The minimum atomic E-state index is -1.75. The fraction of sp³-hybridized carbons (Fsp3) is 1.00. The van der Waals surface area contributed by atoms with Crippen LogP contribution in [0.15, 0.2) is 0 Å². The standard InChI is InChI=1S/CH2F2.FH.H2O/c2-1-3;;/h1H2;1H;1H2. The van der Waals surface area contributed by atoms with E-state index in [0.717, 1.165) is 0 Å². The second-order valence-corrected chi connectivity index (χ2v) is 0.101. The van der Waals surface area contributed by atoms with Crippen molar-refractivity contribution in [3.63, 3.8) is 0 Å². The molecule has 0 aromatic carbocycles. The van der Waals surface area contributed by atoms with Gasteiger partial charge in [-0.25, -0.2) is 8.78 Å². The second-order valence-electron chi connectivity index (χ2n) is 0.101. The van der Waals surface area contributed by atoms with Crippen LogP contribution in [0.1, 0.15) is 0 Å². The number of alkyl halides is 2. The molecule has 5 heavy (non-hydrogen) atoms. The number of halogens is 3. The molecule has 0 radical (unpaired) electrons. The van der Waals surface area contributed by atoms with E-state index < -0.39 is 6.93 Å². The van der Waals surface area contributed by atoms with Gasteiger partial charge in [0.25, 0.3) is 0 Å². The zero-order valence-corrected chi connectivity index (χ0v) is 2.37. The Morgan fingerprint density at radius 3 is 1.20 bits per heavy atom. The van der Waals surface area contributed by atoms with Crippen LogP contribution in [0.25, 0.3) is 0 Å². The molecule has 0 saturated carbocycles. The molecule has 0 aliphatic rings. The molecule has 4 heteroatoms. The first-order valence-electron chi connectivity index (χ1n) is 0.535. The van der Waals surface area contributed by atoms with Crippen LogP contribution in [0.2, 0.25) is 0 Å². The van der Waals surface area contributed by atoms with Crippen LogP contribution in [-0.4, -0.2) is 12.4 Å². The predicted molar refractivity (Wildman–Crippen MR) is 13.2 cm³/mol. The number of hydrogen-bond acceptors (Lipinski definition) is 0. The average molecular weight is 90.0 g/mol. The fourth-order valence-electron chi connectivity index (χ4n) is 0. The first kappa shape index (κ1) is 21.8. The molecule has 0 aliphatic carbocycles. The van der Waals surface area contributed by atoms with Gasteiger partial charge < -0.3 is 5.48 Å². The lowest BCUT2D eigenvalue weighted by Crippen LogP contribution is -1.34. The van der Waals surface area contributed by atoms with E-state index in [1.807, 2.05) is 0 Å². The summed E-state index contributed by atoms with van der Waals surface area (Å²) in [7, 11) is 0. The van der Waals surface area contributed by atoms with E-state index in [0.29, 0.717) is 0 Å². The molecule has 36 valence electrons. The molecule has 0 heterocycles. The van der Waals surface area contributed by atoms with Crippen LogP contribution in [0.3, 0.4) is 0 Å². The highest BCUT2D eigenvalue weighted by Gasteiger charge is 1.44. The van der Waals surface area contributed by atoms with Crippen molar-refractivity contribution >= 4 is 0 Å². The van der Waals surface area contributed by atoms with Crippen molar-refractivity contribution in [3.05, 3.63) is 0 Å². The van der Waals surface area contributed by atoms with E-state index in [4.69, 9.17) is 0 Å². The van der Waals surface area contributed by atoms with E-state index in [9.17, 15) is 8.78 Å². The topological polar surface area (TPSA) is 31.5 Å². The summed E-state index contributed by atoms with van der Waals surface area (Å²) in [6.07, 6.45) is 0. The van der Waals surface area contributed by atoms with Crippen molar-refractivity contribution in [2.45, 2.75) is 0 Å². The molecule has 0 aliphatic heterocycles. The minimum Gasteiger partial charge on any atom is -0.412 e. The summed E-state index contributed by atoms with van der Waals surface area (Å²) >= 11 is 0. The Labute approximate surface area is 27.3 Å². The van der Waals surface area contributed by atoms with E-state index >= 15 is 0 Å². The summed E-state index contributed by atoms with van der Waals surface area (Å²) in [5.74, 6) is 0. The van der Waals surface area contributed by atoms with Crippen LogP contribution in [0, 0.1) is 0 Å². The van der Waals surface area contributed by atoms with Crippen molar-refractivity contribution in [1.29, 1.82) is 0 Å². The summed E-state index contributed by atoms with van der Waals surface area (Å²) in [5.41, 5.74) is 0. The Morgan fingerprint density at radius 2 is 1.20 bits per heavy atom. The first-order chi connectivity index (χ1) is 1.41. The monoisotopic (exact) mass is 90.0 g/mol. The van der Waals surface area contributed by atoms with Crippen molar-refractivity contribution in [1.82, 2.24) is 0 Å². The molecule has 0 spiro atoms. The van der Waals surface area contributed by atoms with Crippen molar-refractivity contribution < 1.29 is 19.0 Å². The third kappa shape index (κ3) is 184. The van der Waals surface area contributed by atoms with Gasteiger partial charge in [-0.05, 0) is 0 Å². The molecule has 0 rings (SSSR count). The first-order valence-corrected chi connectivity index (χ1v) is 0.535. The summed E-state index contributed by atoms with van der Waals surface area (Å²) in [6, 6.07) is 0. The summed E-state index contributed by atoms with van der Waals surface area (Å²) in [6.45, 7) is -1.75. The van der Waals surface area contributed by atoms with Crippen LogP contribution < -0.4 is 0 Å². The van der Waals surface area contributed by atoms with E-state index in [1.54, 1.807) is 0 Å². The molecule has 0 aromatic rings. The summed E-state index contributed by atoms with van der Waals surface area (Å²) < 4.78 is 19.2. The van der Waals surface area contributed by atoms with Gasteiger partial charge in [-0.3, -0.25) is 4.70 Å². The highest BCUT2D eigenvalue weighted by molar-refractivity contribution is 3.57. The molecule has 0 saturated heterocycles. The molecule has 0 unspecified atom stereocenters. The Balaban J connectivity index is -0.0000000200. The summed E-state index contributed by atoms with van der Waals surface area (Å²) in [4.78, 5) is 0. The second kappa shape index (κ2) is 50.4. The van der Waals surface area contributed by atoms with Crippen molar-refractivity contribution in [3.8, 4) is 0 Å². The van der Waals surface area contributed by atoms with E-state index in [2.05, 4.69) is 0 Å². The molecule has 2 N–H and O–H groups in total. The predicted octanol–water partition coefficient (Wildman–Crippen LogP) is 0.211. The van der Waals surface area contributed by atoms with Crippen LogP contribution >= 0.6 is 0 Å². The maximum absolute atomic E-state index is 9.62. The smallest absolute Gasteiger partial charge is 0.229 e. The van der Waals surface area contributed by atoms with Gasteiger partial charge in [0.15, 0.2) is 0 Å². The third-order valence-electron chi connectivity index (χ3n) is 0. The number of hydrogen-bond donors (Lipinski definition) is 0. The fourth-order valence-corrected chi connectivity index (χ4v) is 0. The summed E-state index contributed by atoms with van der Waals surface area (Å²) in [5, 5.41) is 0. The van der Waals surface area contributed by atoms with Gasteiger partial charge in [0, 0.05) is 0 Å². The zero-order chi connectivity index (χ0) is 2.71. The molecule has 0 amide bonds. The van der Waals surface area contributed by atoms with Crippen LogP contribution in [0.4, 0.5) is 13.5 Å². The average Bonchev–Trinajstić information content (AvgIpc) is 0.918. The maximum atomic E-state index is 9.62. The van der Waals surface area contributed by atoms with E-state index in [-0.39, 0.29) is 10.2 Å². The molecule has 0 atom stereocenters. The van der Waals surface area contributed by atoms with Gasteiger partial charge in [-0.2, -0.15) is 0 Å². The zero-order valence-electron chi connectivity index (χ0n) is 2.37. The quantitative estimate of drug-likeness (QED) is 0.407. The van der Waals surface area contributed by atoms with E-state index in [1.165, 1.54) is 0 Å². The Kier molecular flexibility index (Phi) is 220. The molecule has 0 fully saturated rings. The Morgan fingerprint density at radius 1 is 1.20 bits per heavy atom. The van der Waals surface area contributed by atoms with Gasteiger partial charge in [0.1, 0.15) is 0 Å². The van der Waals surface area contributed by atoms with Crippen molar-refractivity contribution in [2.24, 2.45) is 0 Å². The lowest BCUT2D eigenvalue weighted by atomic mass is 11.7. The molecular weight excluding hydrogens is 85.0 g/mol. The normalized spacial score (nSPS) is 3.60. The van der Waals surface area contributed by atoms with Gasteiger partial charge in [0.05, 0.1) is 0 Å². The SMILES string of the molecule is F.FCF.O. The molecule has 0 aromatic heterocycles. The highest BCUT2D eigenvalue weighted by Crippen LogP contribution is 1.56. The minimum absolute atomic E-state index is 0. The van der Waals surface area contributed by atoms with Crippen LogP contribution in [-0.2, 0) is 0 Å². The third-order valence-corrected chi connectivity index (χ3v) is 0. The largest absolute Gasteiger partial charge is 0.412 e. The molecule has 1 nitrogen and oxygen atoms in total. The Bertz CT molecular complexity index is 6.85.